The van der Waals surface area contributed by atoms with Crippen LogP contribution in [-0.2, 0) is 19.5 Å². The lowest BCUT2D eigenvalue weighted by molar-refractivity contribution is 0.551. The maximum atomic E-state index is 4.90. The minimum atomic E-state index is 0.528. The van der Waals surface area contributed by atoms with Crippen molar-refractivity contribution < 1.29 is 0 Å². The number of para-hydroxylation sites is 1. The Morgan fingerprint density at radius 3 is 2.72 bits per heavy atom. The molecule has 162 valence electrons. The lowest BCUT2D eigenvalue weighted by Crippen LogP contribution is -2.08. The van der Waals surface area contributed by atoms with Gasteiger partial charge in [-0.1, -0.05) is 44.5 Å². The fourth-order valence-corrected chi connectivity index (χ4v) is 4.43. The molecule has 7 nitrogen and oxygen atoms in total. The van der Waals surface area contributed by atoms with Crippen LogP contribution in [0.25, 0.3) is 33.8 Å². The number of rotatable bonds is 8. The molecule has 0 amide bonds. The largest absolute Gasteiger partial charge is 0.269 e. The van der Waals surface area contributed by atoms with Gasteiger partial charge in [0, 0.05) is 23.0 Å². The van der Waals surface area contributed by atoms with Crippen LogP contribution in [-0.4, -0.2) is 34.5 Å². The number of aromatic nitrogens is 7. The molecule has 1 aromatic carbocycles. The van der Waals surface area contributed by atoms with Gasteiger partial charge in [-0.15, -0.1) is 16.4 Å². The van der Waals surface area contributed by atoms with Crippen molar-refractivity contribution in [3.05, 3.63) is 64.9 Å². The van der Waals surface area contributed by atoms with Crippen LogP contribution in [0.5, 0.6) is 0 Å². The van der Waals surface area contributed by atoms with Gasteiger partial charge < -0.3 is 0 Å². The van der Waals surface area contributed by atoms with Crippen molar-refractivity contribution in [2.45, 2.75) is 46.2 Å². The van der Waals surface area contributed by atoms with E-state index >= 15 is 0 Å². The first-order chi connectivity index (χ1) is 15.8. The van der Waals surface area contributed by atoms with Crippen LogP contribution in [0.15, 0.2) is 53.5 Å². The number of thiazole rings is 1. The molecule has 0 aliphatic carbocycles. The van der Waals surface area contributed by atoms with Crippen LogP contribution in [0.3, 0.4) is 0 Å². The smallest absolute Gasteiger partial charge is 0.201 e. The lowest BCUT2D eigenvalue weighted by atomic mass is 10.2. The van der Waals surface area contributed by atoms with Crippen molar-refractivity contribution >= 4 is 22.2 Å². The van der Waals surface area contributed by atoms with Crippen LogP contribution >= 0.6 is 11.3 Å². The Hall–Kier alpha value is -3.39. The third-order valence-electron chi connectivity index (χ3n) is 5.55. The van der Waals surface area contributed by atoms with Gasteiger partial charge in [0.05, 0.1) is 35.0 Å². The molecule has 0 aliphatic heterocycles. The molecule has 0 saturated heterocycles. The van der Waals surface area contributed by atoms with Crippen LogP contribution in [0, 0.1) is 0 Å². The average molecular weight is 444 g/mol. The number of aryl methyl sites for hydroxylation is 1. The van der Waals surface area contributed by atoms with Gasteiger partial charge in [0.2, 0.25) is 5.82 Å². The molecule has 0 aliphatic rings. The topological polar surface area (TPSA) is 74.3 Å². The summed E-state index contributed by atoms with van der Waals surface area (Å²) >= 11 is 1.54. The van der Waals surface area contributed by atoms with Gasteiger partial charge in [-0.25, -0.2) is 14.6 Å². The summed E-state index contributed by atoms with van der Waals surface area (Å²) in [6, 6.07) is 12.3. The van der Waals surface area contributed by atoms with Gasteiger partial charge in [-0.3, -0.25) is 9.67 Å². The Bertz CT molecular complexity index is 1330. The van der Waals surface area contributed by atoms with Crippen molar-refractivity contribution in [3.63, 3.8) is 0 Å². The number of hydrogen-bond acceptors (Lipinski definition) is 6. The second-order valence-electron chi connectivity index (χ2n) is 7.72. The number of unbranched alkanes of at least 4 members (excludes halogenated alkanes) is 1. The molecule has 0 bridgehead atoms. The first-order valence-electron chi connectivity index (χ1n) is 11.0. The minimum Gasteiger partial charge on any atom is -0.269 e. The fourth-order valence-electron chi connectivity index (χ4n) is 3.90. The predicted octanol–water partition coefficient (Wildman–Crippen LogP) is 5.22. The van der Waals surface area contributed by atoms with Crippen molar-refractivity contribution in [2.75, 3.05) is 0 Å². The predicted molar refractivity (Wildman–Crippen MR) is 127 cm³/mol. The minimum absolute atomic E-state index is 0.528. The zero-order valence-corrected chi connectivity index (χ0v) is 19.1. The van der Waals surface area contributed by atoms with E-state index in [1.807, 2.05) is 34.5 Å². The summed E-state index contributed by atoms with van der Waals surface area (Å²) < 4.78 is 4.04. The number of hydrogen-bond donors (Lipinski definition) is 0. The Morgan fingerprint density at radius 2 is 1.91 bits per heavy atom. The highest BCUT2D eigenvalue weighted by Crippen LogP contribution is 2.27. The number of benzene rings is 1. The molecule has 0 atom stereocenters. The van der Waals surface area contributed by atoms with Crippen molar-refractivity contribution in [1.29, 1.82) is 0 Å². The van der Waals surface area contributed by atoms with Gasteiger partial charge >= 0.3 is 0 Å². The molecule has 5 rings (SSSR count). The van der Waals surface area contributed by atoms with E-state index in [1.54, 1.807) is 16.8 Å². The zero-order valence-electron chi connectivity index (χ0n) is 18.3. The Morgan fingerprint density at radius 1 is 1.00 bits per heavy atom. The van der Waals surface area contributed by atoms with Gasteiger partial charge in [0.1, 0.15) is 5.69 Å². The molecule has 0 N–H and O–H groups in total. The van der Waals surface area contributed by atoms with E-state index in [4.69, 9.17) is 15.1 Å². The van der Waals surface area contributed by atoms with E-state index in [-0.39, 0.29) is 0 Å². The molecule has 0 radical (unpaired) electrons. The van der Waals surface area contributed by atoms with Gasteiger partial charge in [0.25, 0.3) is 0 Å². The van der Waals surface area contributed by atoms with Crippen LogP contribution < -0.4 is 0 Å². The molecule has 0 unspecified atom stereocenters. The summed E-state index contributed by atoms with van der Waals surface area (Å²) in [6.07, 6.45) is 5.04. The van der Waals surface area contributed by atoms with Gasteiger partial charge in [0.15, 0.2) is 5.82 Å². The normalized spacial score (nSPS) is 11.4. The van der Waals surface area contributed by atoms with E-state index in [1.165, 1.54) is 5.69 Å². The summed E-state index contributed by atoms with van der Waals surface area (Å²) in [5.41, 5.74) is 6.73. The molecule has 0 spiro atoms. The highest BCUT2D eigenvalue weighted by atomic mass is 32.1. The Kier molecular flexibility index (Phi) is 5.77. The molecule has 5 aromatic rings. The molecule has 0 saturated carbocycles. The quantitative estimate of drug-likeness (QED) is 0.328. The summed E-state index contributed by atoms with van der Waals surface area (Å²) in [5, 5.41) is 12.6. The number of fused-ring (bicyclic) bond motifs is 1. The maximum absolute atomic E-state index is 4.90. The second-order valence-corrected chi connectivity index (χ2v) is 8.44. The van der Waals surface area contributed by atoms with Crippen LogP contribution in [0.1, 0.15) is 38.1 Å². The van der Waals surface area contributed by atoms with Gasteiger partial charge in [-0.05, 0) is 25.0 Å². The maximum Gasteiger partial charge on any atom is 0.201 e. The summed E-state index contributed by atoms with van der Waals surface area (Å²) in [4.78, 5) is 14.2. The highest BCUT2D eigenvalue weighted by Gasteiger charge is 2.20. The second kappa shape index (κ2) is 9.00. The summed E-state index contributed by atoms with van der Waals surface area (Å²) in [5.74, 6) is 1.44. The van der Waals surface area contributed by atoms with Crippen LogP contribution in [0.2, 0.25) is 0 Å². The third kappa shape index (κ3) is 3.93. The first kappa shape index (κ1) is 20.5. The molecule has 4 aromatic heterocycles. The first-order valence-corrected chi connectivity index (χ1v) is 11.9. The fraction of sp³-hybridized carbons (Fsp3) is 0.292. The molecule has 8 heteroatoms. The molecular weight excluding hydrogens is 418 g/mol. The van der Waals surface area contributed by atoms with E-state index in [0.29, 0.717) is 12.4 Å². The molecule has 32 heavy (non-hydrogen) atoms. The Labute approximate surface area is 190 Å². The van der Waals surface area contributed by atoms with E-state index in [2.05, 4.69) is 46.8 Å². The lowest BCUT2D eigenvalue weighted by Gasteiger charge is -2.09. The van der Waals surface area contributed by atoms with Crippen molar-refractivity contribution in [2.24, 2.45) is 0 Å². The van der Waals surface area contributed by atoms with Crippen molar-refractivity contribution in [1.82, 2.24) is 34.5 Å². The van der Waals surface area contributed by atoms with E-state index < -0.39 is 0 Å². The number of pyridine rings is 1. The SMILES string of the molecule is CCCCn1ncc(-c2nc(-c3cscn3)nn2Cc2ccc3ccccc3n2)c1CC. The zero-order chi connectivity index (χ0) is 21.9. The molecule has 4 heterocycles. The Balaban J connectivity index is 1.58. The number of nitrogens with zero attached hydrogens (tertiary/aromatic N) is 7. The monoisotopic (exact) mass is 443 g/mol. The molecular formula is C24H25N7S. The van der Waals surface area contributed by atoms with Crippen molar-refractivity contribution in [3.8, 4) is 22.9 Å². The highest BCUT2D eigenvalue weighted by molar-refractivity contribution is 7.07. The van der Waals surface area contributed by atoms with Crippen LogP contribution in [0.4, 0.5) is 0 Å². The third-order valence-corrected chi connectivity index (χ3v) is 6.14. The summed E-state index contributed by atoms with van der Waals surface area (Å²) in [6.45, 7) is 5.80. The van der Waals surface area contributed by atoms with E-state index in [9.17, 15) is 0 Å². The average Bonchev–Trinajstić information content (AvgIpc) is 3.57. The van der Waals surface area contributed by atoms with E-state index in [0.717, 1.165) is 59.5 Å². The molecule has 0 fully saturated rings. The van der Waals surface area contributed by atoms with Gasteiger partial charge in [-0.2, -0.15) is 5.10 Å². The standard InChI is InChI=1S/C24H25N7S/c1-3-5-12-30-22(4-2)19(13-26-30)24-28-23(21-15-32-16-25-21)29-31(24)14-18-11-10-17-8-6-7-9-20(17)27-18/h6-11,13,15-16H,3-5,12,14H2,1-2H3. The summed E-state index contributed by atoms with van der Waals surface area (Å²) in [7, 11) is 0.